The Morgan fingerprint density at radius 3 is 1.90 bits per heavy atom. The van der Waals surface area contributed by atoms with Crippen LogP contribution in [0.25, 0.3) is 0 Å². The van der Waals surface area contributed by atoms with Crippen molar-refractivity contribution in [3.8, 4) is 0 Å². The number of hydrogen-bond acceptors (Lipinski definition) is 7. The van der Waals surface area contributed by atoms with Crippen molar-refractivity contribution in [3.05, 3.63) is 73.5 Å². The molecular weight excluding hydrogens is 553 g/mol. The summed E-state index contributed by atoms with van der Waals surface area (Å²) in [6.45, 7) is 3.22. The van der Waals surface area contributed by atoms with E-state index in [0.717, 1.165) is 12.1 Å². The van der Waals surface area contributed by atoms with Gasteiger partial charge in [-0.1, -0.05) is 24.3 Å². The van der Waals surface area contributed by atoms with E-state index < -0.39 is 72.2 Å². The van der Waals surface area contributed by atoms with E-state index in [1.54, 1.807) is 0 Å². The maximum absolute atomic E-state index is 14.9. The number of amides is 3. The van der Waals surface area contributed by atoms with E-state index in [9.17, 15) is 43.3 Å². The molecule has 210 valence electrons. The molecule has 6 N–H and O–H groups in total. The van der Waals surface area contributed by atoms with Crippen LogP contribution in [0.3, 0.4) is 0 Å². The van der Waals surface area contributed by atoms with Gasteiger partial charge in [0, 0.05) is 23.0 Å². The molecule has 3 amide bonds. The standard InChI is InChI=1S/C24H28B2F2N3O7.CH3.K/c1-2-29-20(32)13-31(24(34)17-6-4-8-19(22(17)28)26(37)38)15-11-9-14(10-12-15)30-23(33)16-5-3-7-18(21(16)27)25(35)36;;/h3-8,14-15,35-38H,1-2,9-13H2,(H,29,32)(H,30,33);1H3;/q2*-1;+1. The van der Waals surface area contributed by atoms with Crippen LogP contribution in [0.15, 0.2) is 36.4 Å². The molecule has 3 rings (SSSR count). The molecule has 10 nitrogen and oxygen atoms in total. The Labute approximate surface area is 275 Å². The Bertz CT molecular complexity index is 1190. The minimum atomic E-state index is -2.13. The molecule has 1 fully saturated rings. The Kier molecular flexibility index (Phi) is 15.2. The summed E-state index contributed by atoms with van der Waals surface area (Å²) in [5, 5.41) is 42.5. The number of hydrogen-bond donors (Lipinski definition) is 6. The van der Waals surface area contributed by atoms with E-state index in [1.807, 2.05) is 0 Å². The first-order valence-corrected chi connectivity index (χ1v) is 12.0. The van der Waals surface area contributed by atoms with E-state index in [4.69, 9.17) is 0 Å². The zero-order valence-corrected chi connectivity index (χ0v) is 25.6. The molecule has 0 bridgehead atoms. The summed E-state index contributed by atoms with van der Waals surface area (Å²) in [6.07, 6.45) is 1.38. The summed E-state index contributed by atoms with van der Waals surface area (Å²) in [5.74, 6) is -4.20. The molecule has 2 aromatic rings. The summed E-state index contributed by atoms with van der Waals surface area (Å²) in [6, 6.07) is 6.42. The topological polar surface area (TPSA) is 159 Å². The van der Waals surface area contributed by atoms with Crippen molar-refractivity contribution in [1.82, 2.24) is 15.5 Å². The SMILES string of the molecule is [CH2-]CNC(=O)CN(C(=O)c1cccc(B(O)O)c1F)C1CCC(NC(=O)c2cccc(B(O)O)c2F)CC1.[CH3-].[K+]. The van der Waals surface area contributed by atoms with Gasteiger partial charge in [0.05, 0.1) is 11.1 Å². The predicted octanol–water partition coefficient (Wildman–Crippen LogP) is -4.09. The Morgan fingerprint density at radius 1 is 0.900 bits per heavy atom. The monoisotopic (exact) mass is 584 g/mol. The van der Waals surface area contributed by atoms with E-state index in [2.05, 4.69) is 17.6 Å². The summed E-state index contributed by atoms with van der Waals surface area (Å²) in [5.41, 5.74) is -1.67. The largest absolute Gasteiger partial charge is 1.00 e. The molecule has 1 aliphatic carbocycles. The molecule has 0 spiro atoms. The summed E-state index contributed by atoms with van der Waals surface area (Å²) in [4.78, 5) is 39.5. The van der Waals surface area contributed by atoms with Gasteiger partial charge in [0.15, 0.2) is 0 Å². The zero-order chi connectivity index (χ0) is 28.0. The maximum Gasteiger partial charge on any atom is 1.00 e. The number of halogens is 2. The van der Waals surface area contributed by atoms with Gasteiger partial charge in [-0.15, -0.1) is 6.54 Å². The third-order valence-electron chi connectivity index (χ3n) is 6.46. The van der Waals surface area contributed by atoms with Gasteiger partial charge in [-0.25, -0.2) is 8.78 Å². The van der Waals surface area contributed by atoms with Crippen LogP contribution in [0.4, 0.5) is 8.78 Å². The third-order valence-corrected chi connectivity index (χ3v) is 6.46. The average molecular weight is 584 g/mol. The average Bonchev–Trinajstić information content (AvgIpc) is 2.87. The maximum atomic E-state index is 14.9. The second-order valence-corrected chi connectivity index (χ2v) is 8.93. The first kappa shape index (κ1) is 36.3. The van der Waals surface area contributed by atoms with Crippen LogP contribution in [-0.2, 0) is 4.79 Å². The Balaban J connectivity index is 0.00000400. The van der Waals surface area contributed by atoms with E-state index in [-0.39, 0.29) is 77.5 Å². The van der Waals surface area contributed by atoms with Crippen molar-refractivity contribution < 1.29 is 94.6 Å². The number of carbonyl (C=O) groups excluding carboxylic acids is 3. The molecule has 0 aromatic heterocycles. The number of rotatable bonds is 9. The first-order chi connectivity index (χ1) is 18.0. The Morgan fingerprint density at radius 2 is 1.40 bits per heavy atom. The van der Waals surface area contributed by atoms with Crippen molar-refractivity contribution >= 4 is 42.9 Å². The third kappa shape index (κ3) is 8.91. The molecule has 15 heteroatoms. The quantitative estimate of drug-likeness (QED) is 0.129. The molecule has 1 aliphatic rings. The van der Waals surface area contributed by atoms with Gasteiger partial charge >= 0.3 is 65.6 Å². The van der Waals surface area contributed by atoms with Gasteiger partial charge in [0.1, 0.15) is 18.2 Å². The van der Waals surface area contributed by atoms with Crippen molar-refractivity contribution in [2.24, 2.45) is 0 Å². The molecule has 40 heavy (non-hydrogen) atoms. The minimum absolute atomic E-state index is 0. The van der Waals surface area contributed by atoms with Gasteiger partial charge in [0.2, 0.25) is 5.91 Å². The van der Waals surface area contributed by atoms with E-state index in [1.165, 1.54) is 29.2 Å². The van der Waals surface area contributed by atoms with Crippen molar-refractivity contribution in [2.75, 3.05) is 13.1 Å². The number of nitrogens with zero attached hydrogens (tertiary/aromatic N) is 1. The van der Waals surface area contributed by atoms with Crippen molar-refractivity contribution in [3.63, 3.8) is 0 Å². The fourth-order valence-corrected chi connectivity index (χ4v) is 4.51. The summed E-state index contributed by atoms with van der Waals surface area (Å²) in [7, 11) is -4.20. The molecule has 1 saturated carbocycles. The van der Waals surface area contributed by atoms with Gasteiger partial charge in [-0.05, 0) is 37.8 Å². The van der Waals surface area contributed by atoms with Crippen molar-refractivity contribution in [2.45, 2.75) is 37.8 Å². The fraction of sp³-hybridized carbons (Fsp3) is 0.320. The smallest absolute Gasteiger partial charge is 0.423 e. The number of carbonyl (C=O) groups is 3. The van der Waals surface area contributed by atoms with Crippen LogP contribution in [0.1, 0.15) is 46.4 Å². The second kappa shape index (κ2) is 16.7. The zero-order valence-electron chi connectivity index (χ0n) is 22.4. The van der Waals surface area contributed by atoms with Crippen LogP contribution in [0, 0.1) is 26.0 Å². The molecule has 0 radical (unpaired) electrons. The Hall–Kier alpha value is -1.68. The molecule has 0 aliphatic heterocycles. The van der Waals surface area contributed by atoms with E-state index >= 15 is 0 Å². The van der Waals surface area contributed by atoms with Crippen LogP contribution in [0.2, 0.25) is 0 Å². The van der Waals surface area contributed by atoms with Gasteiger partial charge in [-0.3, -0.25) is 14.4 Å². The normalized spacial score (nSPS) is 16.1. The van der Waals surface area contributed by atoms with Crippen LogP contribution in [-0.4, -0.2) is 82.1 Å². The molecule has 0 heterocycles. The molecular formula is C25H31B2F2KN3O7-. The van der Waals surface area contributed by atoms with Gasteiger partial charge in [0.25, 0.3) is 11.8 Å². The second-order valence-electron chi connectivity index (χ2n) is 8.93. The molecule has 0 atom stereocenters. The molecule has 0 unspecified atom stereocenters. The number of nitrogens with one attached hydrogen (secondary N) is 2. The van der Waals surface area contributed by atoms with Gasteiger partial charge in [-0.2, -0.15) is 0 Å². The first-order valence-electron chi connectivity index (χ1n) is 12.0. The van der Waals surface area contributed by atoms with Crippen LogP contribution < -0.4 is 72.9 Å². The summed E-state index contributed by atoms with van der Waals surface area (Å²) >= 11 is 0. The van der Waals surface area contributed by atoms with E-state index in [0.29, 0.717) is 25.7 Å². The molecule has 2 aromatic carbocycles. The minimum Gasteiger partial charge on any atom is -0.423 e. The number of benzene rings is 2. The predicted molar refractivity (Wildman–Crippen MR) is 142 cm³/mol. The van der Waals surface area contributed by atoms with Crippen LogP contribution >= 0.6 is 0 Å². The summed E-state index contributed by atoms with van der Waals surface area (Å²) < 4.78 is 29.4. The van der Waals surface area contributed by atoms with Crippen LogP contribution in [0.5, 0.6) is 0 Å². The molecule has 0 saturated heterocycles. The fourth-order valence-electron chi connectivity index (χ4n) is 4.51. The van der Waals surface area contributed by atoms with Crippen molar-refractivity contribution in [1.29, 1.82) is 0 Å². The van der Waals surface area contributed by atoms with Gasteiger partial charge < -0.3 is 50.0 Å².